The third kappa shape index (κ3) is 4.39. The molecular formula is C9H12ClN3O4. The number of halogens is 1. The molecule has 8 heteroatoms. The Morgan fingerprint density at radius 1 is 1.41 bits per heavy atom. The van der Waals surface area contributed by atoms with Crippen LogP contribution in [0.3, 0.4) is 0 Å². The second kappa shape index (κ2) is 6.19. The maximum Gasteiger partial charge on any atom is 0.322 e. The van der Waals surface area contributed by atoms with Gasteiger partial charge in [-0.05, 0) is 6.42 Å². The van der Waals surface area contributed by atoms with Gasteiger partial charge in [-0.2, -0.15) is 0 Å². The summed E-state index contributed by atoms with van der Waals surface area (Å²) < 4.78 is 0. The highest BCUT2D eigenvalue weighted by Gasteiger charge is 2.27. The van der Waals surface area contributed by atoms with Crippen LogP contribution in [0.4, 0.5) is 4.79 Å². The molecule has 7 nitrogen and oxygen atoms in total. The van der Waals surface area contributed by atoms with Gasteiger partial charge in [0.05, 0.1) is 0 Å². The predicted octanol–water partition coefficient (Wildman–Crippen LogP) is -0.754. The Balaban J connectivity index is 2.38. The van der Waals surface area contributed by atoms with Gasteiger partial charge in [0.2, 0.25) is 17.7 Å². The van der Waals surface area contributed by atoms with Crippen LogP contribution < -0.4 is 16.0 Å². The first-order chi connectivity index (χ1) is 8.02. The van der Waals surface area contributed by atoms with E-state index in [0.29, 0.717) is 0 Å². The Kier molecular flexibility index (Phi) is 4.89. The lowest BCUT2D eigenvalue weighted by molar-refractivity contribution is -0.134. The minimum Gasteiger partial charge on any atom is -0.326 e. The highest BCUT2D eigenvalue weighted by atomic mass is 35.5. The SMILES string of the molecule is O=C(CCCl)NC(=O)NC1CCC(=O)NC1=O. The number of nitrogens with one attached hydrogen (secondary N) is 3. The molecule has 17 heavy (non-hydrogen) atoms. The van der Waals surface area contributed by atoms with Crippen molar-refractivity contribution in [3.63, 3.8) is 0 Å². The molecule has 1 atom stereocenters. The maximum absolute atomic E-state index is 11.3. The summed E-state index contributed by atoms with van der Waals surface area (Å²) in [5, 5.41) is 6.41. The van der Waals surface area contributed by atoms with E-state index in [1.807, 2.05) is 5.32 Å². The minimum absolute atomic E-state index is 0.0182. The smallest absolute Gasteiger partial charge is 0.322 e. The summed E-state index contributed by atoms with van der Waals surface area (Å²) in [6.07, 6.45) is 0.401. The van der Waals surface area contributed by atoms with Gasteiger partial charge < -0.3 is 5.32 Å². The second-order valence-electron chi connectivity index (χ2n) is 3.46. The topological polar surface area (TPSA) is 104 Å². The molecule has 94 valence electrons. The van der Waals surface area contributed by atoms with Crippen LogP contribution in [0.15, 0.2) is 0 Å². The molecular weight excluding hydrogens is 250 g/mol. The molecule has 0 saturated carbocycles. The van der Waals surface area contributed by atoms with E-state index < -0.39 is 23.9 Å². The van der Waals surface area contributed by atoms with Crippen LogP contribution in [-0.4, -0.2) is 35.7 Å². The van der Waals surface area contributed by atoms with Gasteiger partial charge >= 0.3 is 6.03 Å². The number of hydrogen-bond donors (Lipinski definition) is 3. The number of piperidine rings is 1. The molecule has 0 aromatic rings. The standard InChI is InChI=1S/C9H12ClN3O4/c10-4-3-7(15)13-9(17)11-5-1-2-6(14)12-8(5)16/h5H,1-4H2,(H,12,14,16)(H2,11,13,15,17). The van der Waals surface area contributed by atoms with Crippen LogP contribution in [0.25, 0.3) is 0 Å². The van der Waals surface area contributed by atoms with Crippen molar-refractivity contribution in [1.82, 2.24) is 16.0 Å². The fourth-order valence-electron chi connectivity index (χ4n) is 1.30. The lowest BCUT2D eigenvalue weighted by Crippen LogP contribution is -2.55. The second-order valence-corrected chi connectivity index (χ2v) is 3.84. The number of carbonyl (C=O) groups is 4. The number of urea groups is 1. The van der Waals surface area contributed by atoms with Crippen molar-refractivity contribution in [1.29, 1.82) is 0 Å². The molecule has 3 N–H and O–H groups in total. The number of hydrogen-bond acceptors (Lipinski definition) is 4. The van der Waals surface area contributed by atoms with Gasteiger partial charge in [-0.25, -0.2) is 4.79 Å². The summed E-state index contributed by atoms with van der Waals surface area (Å²) in [7, 11) is 0. The van der Waals surface area contributed by atoms with Crippen molar-refractivity contribution >= 4 is 35.4 Å². The lowest BCUT2D eigenvalue weighted by atomic mass is 10.1. The average molecular weight is 262 g/mol. The molecule has 1 aliphatic rings. The van der Waals surface area contributed by atoms with Crippen molar-refractivity contribution in [3.05, 3.63) is 0 Å². The van der Waals surface area contributed by atoms with Gasteiger partial charge in [-0.3, -0.25) is 25.0 Å². The van der Waals surface area contributed by atoms with E-state index in [4.69, 9.17) is 11.6 Å². The van der Waals surface area contributed by atoms with Crippen LogP contribution in [-0.2, 0) is 14.4 Å². The molecule has 0 aromatic carbocycles. The fourth-order valence-corrected chi connectivity index (χ4v) is 1.47. The van der Waals surface area contributed by atoms with Crippen LogP contribution in [0.1, 0.15) is 19.3 Å². The largest absolute Gasteiger partial charge is 0.326 e. The monoisotopic (exact) mass is 261 g/mol. The summed E-state index contributed by atoms with van der Waals surface area (Å²) in [4.78, 5) is 44.4. The number of alkyl halides is 1. The van der Waals surface area contributed by atoms with Gasteiger partial charge in [0, 0.05) is 18.7 Å². The molecule has 0 aromatic heterocycles. The highest BCUT2D eigenvalue weighted by Crippen LogP contribution is 2.03. The molecule has 0 spiro atoms. The Hall–Kier alpha value is -1.63. The van der Waals surface area contributed by atoms with E-state index in [1.165, 1.54) is 0 Å². The molecule has 1 rings (SSSR count). The van der Waals surface area contributed by atoms with Gasteiger partial charge in [0.25, 0.3) is 0 Å². The molecule has 5 amide bonds. The van der Waals surface area contributed by atoms with E-state index in [1.54, 1.807) is 0 Å². The van der Waals surface area contributed by atoms with Gasteiger partial charge in [-0.1, -0.05) is 0 Å². The minimum atomic E-state index is -0.795. The van der Waals surface area contributed by atoms with Crippen LogP contribution in [0, 0.1) is 0 Å². The number of amides is 5. The van der Waals surface area contributed by atoms with Gasteiger partial charge in [-0.15, -0.1) is 11.6 Å². The molecule has 1 unspecified atom stereocenters. The molecule has 1 aliphatic heterocycles. The van der Waals surface area contributed by atoms with Crippen molar-refractivity contribution in [2.45, 2.75) is 25.3 Å². The fraction of sp³-hybridized carbons (Fsp3) is 0.556. The van der Waals surface area contributed by atoms with Gasteiger partial charge in [0.15, 0.2) is 0 Å². The third-order valence-corrected chi connectivity index (χ3v) is 2.31. The molecule has 0 bridgehead atoms. The molecule has 1 saturated heterocycles. The zero-order chi connectivity index (χ0) is 12.8. The molecule has 0 radical (unpaired) electrons. The summed E-state index contributed by atoms with van der Waals surface area (Å²) in [5.41, 5.74) is 0. The predicted molar refractivity (Wildman–Crippen MR) is 58.2 cm³/mol. The first-order valence-corrected chi connectivity index (χ1v) is 5.56. The summed E-state index contributed by atoms with van der Waals surface area (Å²) >= 11 is 5.32. The Morgan fingerprint density at radius 2 is 2.12 bits per heavy atom. The Labute approximate surface area is 102 Å². The summed E-state index contributed by atoms with van der Waals surface area (Å²) in [6, 6.07) is -1.56. The first-order valence-electron chi connectivity index (χ1n) is 5.03. The molecule has 1 heterocycles. The van der Waals surface area contributed by atoms with E-state index >= 15 is 0 Å². The maximum atomic E-state index is 11.3. The van der Waals surface area contributed by atoms with Crippen LogP contribution in [0.2, 0.25) is 0 Å². The summed E-state index contributed by atoms with van der Waals surface area (Å²) in [5.74, 6) is -1.35. The van der Waals surface area contributed by atoms with Crippen LogP contribution in [0.5, 0.6) is 0 Å². The Bertz CT molecular complexity index is 358. The quantitative estimate of drug-likeness (QED) is 0.459. The van der Waals surface area contributed by atoms with E-state index in [9.17, 15) is 19.2 Å². The normalized spacial score (nSPS) is 19.5. The van der Waals surface area contributed by atoms with E-state index in [-0.39, 0.29) is 31.0 Å². The van der Waals surface area contributed by atoms with Crippen molar-refractivity contribution in [3.8, 4) is 0 Å². The summed E-state index contributed by atoms with van der Waals surface area (Å²) in [6.45, 7) is 0. The molecule has 0 aliphatic carbocycles. The zero-order valence-electron chi connectivity index (χ0n) is 8.92. The zero-order valence-corrected chi connectivity index (χ0v) is 9.67. The van der Waals surface area contributed by atoms with Crippen molar-refractivity contribution < 1.29 is 19.2 Å². The average Bonchev–Trinajstić information content (AvgIpc) is 2.22. The van der Waals surface area contributed by atoms with E-state index in [2.05, 4.69) is 10.6 Å². The van der Waals surface area contributed by atoms with Crippen molar-refractivity contribution in [2.24, 2.45) is 0 Å². The molecule has 1 fully saturated rings. The van der Waals surface area contributed by atoms with E-state index in [0.717, 1.165) is 0 Å². The van der Waals surface area contributed by atoms with Crippen molar-refractivity contribution in [2.75, 3.05) is 5.88 Å². The number of rotatable bonds is 3. The third-order valence-electron chi connectivity index (χ3n) is 2.12. The van der Waals surface area contributed by atoms with Gasteiger partial charge in [0.1, 0.15) is 6.04 Å². The Morgan fingerprint density at radius 3 is 2.71 bits per heavy atom. The van der Waals surface area contributed by atoms with Crippen LogP contribution >= 0.6 is 11.6 Å². The lowest BCUT2D eigenvalue weighted by Gasteiger charge is -2.21. The highest BCUT2D eigenvalue weighted by molar-refractivity contribution is 6.19. The number of carbonyl (C=O) groups excluding carboxylic acids is 4. The number of imide groups is 2. The first kappa shape index (κ1) is 13.4.